The Labute approximate surface area is 121 Å². The number of aliphatic hydroxyl groups is 1. The van der Waals surface area contributed by atoms with Gasteiger partial charge in [-0.3, -0.25) is 4.90 Å². The second-order valence-electron chi connectivity index (χ2n) is 5.80. The van der Waals surface area contributed by atoms with Crippen LogP contribution in [0.25, 0.3) is 0 Å². The fourth-order valence-electron chi connectivity index (χ4n) is 2.58. The maximum atomic E-state index is 10.5. The van der Waals surface area contributed by atoms with Gasteiger partial charge >= 0.3 is 0 Å². The van der Waals surface area contributed by atoms with E-state index in [2.05, 4.69) is 18.7 Å². The summed E-state index contributed by atoms with van der Waals surface area (Å²) < 4.78 is 11.1. The van der Waals surface area contributed by atoms with E-state index in [0.29, 0.717) is 19.8 Å². The molecule has 0 saturated carbocycles. The van der Waals surface area contributed by atoms with E-state index in [4.69, 9.17) is 9.47 Å². The Morgan fingerprint density at radius 2 is 2.15 bits per heavy atom. The highest BCUT2D eigenvalue weighted by Gasteiger charge is 2.32. The average molecular weight is 279 g/mol. The van der Waals surface area contributed by atoms with Gasteiger partial charge in [0, 0.05) is 24.2 Å². The lowest BCUT2D eigenvalue weighted by Gasteiger charge is -2.43. The number of β-amino-alcohol motifs (C(OH)–C–C–N with tert-alkyl or cyclic N) is 1. The summed E-state index contributed by atoms with van der Waals surface area (Å²) in [6.45, 7) is 9.72. The van der Waals surface area contributed by atoms with Crippen LogP contribution < -0.4 is 4.74 Å². The Kier molecular flexibility index (Phi) is 5.02. The van der Waals surface area contributed by atoms with Crippen LogP contribution in [0.4, 0.5) is 0 Å². The normalized spacial score (nSPS) is 20.6. The van der Waals surface area contributed by atoms with E-state index in [9.17, 15) is 5.11 Å². The molecule has 2 rings (SSSR count). The van der Waals surface area contributed by atoms with Gasteiger partial charge in [0.05, 0.1) is 25.9 Å². The minimum Gasteiger partial charge on any atom is -0.493 e. The molecule has 20 heavy (non-hydrogen) atoms. The van der Waals surface area contributed by atoms with Crippen molar-refractivity contribution in [2.45, 2.75) is 32.4 Å². The molecule has 112 valence electrons. The molecule has 1 N–H and O–H groups in total. The third kappa shape index (κ3) is 3.51. The van der Waals surface area contributed by atoms with Crippen molar-refractivity contribution in [3.05, 3.63) is 29.8 Å². The van der Waals surface area contributed by atoms with Crippen molar-refractivity contribution in [2.75, 3.05) is 32.9 Å². The fraction of sp³-hybridized carbons (Fsp3) is 0.625. The molecule has 0 aromatic heterocycles. The van der Waals surface area contributed by atoms with Crippen molar-refractivity contribution in [3.63, 3.8) is 0 Å². The SMILES string of the molecule is CCOc1ccccc1C(O)CN1CCOCC1(C)C. The first-order valence-corrected chi connectivity index (χ1v) is 7.27. The van der Waals surface area contributed by atoms with Crippen LogP contribution in [0.1, 0.15) is 32.4 Å². The predicted molar refractivity (Wildman–Crippen MR) is 79.0 cm³/mol. The van der Waals surface area contributed by atoms with Crippen molar-refractivity contribution < 1.29 is 14.6 Å². The van der Waals surface area contributed by atoms with Gasteiger partial charge in [-0.2, -0.15) is 0 Å². The molecule has 4 heteroatoms. The number of morpholine rings is 1. The lowest BCUT2D eigenvalue weighted by atomic mass is 10.00. The Morgan fingerprint density at radius 3 is 2.85 bits per heavy atom. The number of benzene rings is 1. The van der Waals surface area contributed by atoms with Gasteiger partial charge in [-0.15, -0.1) is 0 Å². The number of nitrogens with zero attached hydrogens (tertiary/aromatic N) is 1. The zero-order chi connectivity index (χ0) is 14.6. The third-order valence-corrected chi connectivity index (χ3v) is 3.79. The maximum Gasteiger partial charge on any atom is 0.125 e. The van der Waals surface area contributed by atoms with E-state index < -0.39 is 6.10 Å². The van der Waals surface area contributed by atoms with E-state index in [1.165, 1.54) is 0 Å². The highest BCUT2D eigenvalue weighted by atomic mass is 16.5. The standard InChI is InChI=1S/C16H25NO3/c1-4-20-15-8-6-5-7-13(15)14(18)11-17-9-10-19-12-16(17,2)3/h5-8,14,18H,4,9-12H2,1-3H3. The Hall–Kier alpha value is -1.10. The maximum absolute atomic E-state index is 10.5. The summed E-state index contributed by atoms with van der Waals surface area (Å²) in [6, 6.07) is 7.71. The van der Waals surface area contributed by atoms with Crippen LogP contribution in [0.3, 0.4) is 0 Å². The first-order valence-electron chi connectivity index (χ1n) is 7.27. The van der Waals surface area contributed by atoms with Gasteiger partial charge in [0.1, 0.15) is 5.75 Å². The van der Waals surface area contributed by atoms with E-state index in [0.717, 1.165) is 24.5 Å². The zero-order valence-corrected chi connectivity index (χ0v) is 12.6. The van der Waals surface area contributed by atoms with Crippen molar-refractivity contribution in [3.8, 4) is 5.75 Å². The van der Waals surface area contributed by atoms with Crippen LogP contribution in [-0.4, -0.2) is 48.5 Å². The summed E-state index contributed by atoms with van der Waals surface area (Å²) in [7, 11) is 0. The highest BCUT2D eigenvalue weighted by Crippen LogP contribution is 2.28. The minimum atomic E-state index is -0.546. The number of aliphatic hydroxyl groups excluding tert-OH is 1. The molecular formula is C16H25NO3. The highest BCUT2D eigenvalue weighted by molar-refractivity contribution is 5.35. The fourth-order valence-corrected chi connectivity index (χ4v) is 2.58. The minimum absolute atomic E-state index is 0.0419. The van der Waals surface area contributed by atoms with Crippen LogP contribution in [0.15, 0.2) is 24.3 Å². The van der Waals surface area contributed by atoms with Crippen LogP contribution >= 0.6 is 0 Å². The smallest absolute Gasteiger partial charge is 0.125 e. The number of rotatable bonds is 5. The number of para-hydroxylation sites is 1. The number of ether oxygens (including phenoxy) is 2. The molecule has 1 aliphatic heterocycles. The molecule has 1 aromatic carbocycles. The van der Waals surface area contributed by atoms with Crippen molar-refractivity contribution >= 4 is 0 Å². The third-order valence-electron chi connectivity index (χ3n) is 3.79. The van der Waals surface area contributed by atoms with Crippen LogP contribution in [0.5, 0.6) is 5.75 Å². The van der Waals surface area contributed by atoms with Gasteiger partial charge in [0.25, 0.3) is 0 Å². The summed E-state index contributed by atoms with van der Waals surface area (Å²) in [5.41, 5.74) is 0.816. The summed E-state index contributed by atoms with van der Waals surface area (Å²) in [5.74, 6) is 0.772. The quantitative estimate of drug-likeness (QED) is 0.897. The molecular weight excluding hydrogens is 254 g/mol. The summed E-state index contributed by atoms with van der Waals surface area (Å²) in [4.78, 5) is 2.28. The topological polar surface area (TPSA) is 41.9 Å². The molecule has 0 spiro atoms. The molecule has 0 aliphatic carbocycles. The Bertz CT molecular complexity index is 433. The van der Waals surface area contributed by atoms with Gasteiger partial charge in [0.15, 0.2) is 0 Å². The monoisotopic (exact) mass is 279 g/mol. The lowest BCUT2D eigenvalue weighted by molar-refractivity contribution is -0.0669. The Balaban J connectivity index is 2.09. The van der Waals surface area contributed by atoms with Gasteiger partial charge in [-0.05, 0) is 26.8 Å². The van der Waals surface area contributed by atoms with E-state index in [1.54, 1.807) is 0 Å². The molecule has 1 aliphatic rings. The molecule has 1 atom stereocenters. The van der Waals surface area contributed by atoms with Crippen LogP contribution in [0, 0.1) is 0 Å². The molecule has 4 nitrogen and oxygen atoms in total. The Morgan fingerprint density at radius 1 is 1.40 bits per heavy atom. The van der Waals surface area contributed by atoms with Gasteiger partial charge < -0.3 is 14.6 Å². The molecule has 0 amide bonds. The van der Waals surface area contributed by atoms with Gasteiger partial charge in [-0.1, -0.05) is 18.2 Å². The summed E-state index contributed by atoms with van der Waals surface area (Å²) in [6.07, 6.45) is -0.546. The van der Waals surface area contributed by atoms with Gasteiger partial charge in [-0.25, -0.2) is 0 Å². The van der Waals surface area contributed by atoms with E-state index >= 15 is 0 Å². The van der Waals surface area contributed by atoms with Crippen LogP contribution in [-0.2, 0) is 4.74 Å². The summed E-state index contributed by atoms with van der Waals surface area (Å²) in [5, 5.41) is 10.5. The molecule has 1 saturated heterocycles. The summed E-state index contributed by atoms with van der Waals surface area (Å²) >= 11 is 0. The molecule has 1 unspecified atom stereocenters. The first-order chi connectivity index (χ1) is 9.54. The van der Waals surface area contributed by atoms with E-state index in [1.807, 2.05) is 31.2 Å². The second kappa shape index (κ2) is 6.57. The number of hydrogen-bond donors (Lipinski definition) is 1. The molecule has 0 bridgehead atoms. The zero-order valence-electron chi connectivity index (χ0n) is 12.6. The van der Waals surface area contributed by atoms with Crippen molar-refractivity contribution in [1.29, 1.82) is 0 Å². The molecule has 0 radical (unpaired) electrons. The molecule has 1 heterocycles. The van der Waals surface area contributed by atoms with Gasteiger partial charge in [0.2, 0.25) is 0 Å². The van der Waals surface area contributed by atoms with E-state index in [-0.39, 0.29) is 5.54 Å². The largest absolute Gasteiger partial charge is 0.493 e. The average Bonchev–Trinajstić information content (AvgIpc) is 2.42. The lowest BCUT2D eigenvalue weighted by Crippen LogP contribution is -2.54. The predicted octanol–water partition coefficient (Wildman–Crippen LogP) is 2.23. The van der Waals surface area contributed by atoms with Crippen molar-refractivity contribution in [1.82, 2.24) is 4.90 Å². The first kappa shape index (κ1) is 15.3. The molecule has 1 aromatic rings. The van der Waals surface area contributed by atoms with Crippen molar-refractivity contribution in [2.24, 2.45) is 0 Å². The number of hydrogen-bond acceptors (Lipinski definition) is 4. The van der Waals surface area contributed by atoms with Crippen LogP contribution in [0.2, 0.25) is 0 Å². The second-order valence-corrected chi connectivity index (χ2v) is 5.80. The molecule has 1 fully saturated rings.